The molecule has 21 heavy (non-hydrogen) atoms. The number of hydrogen-bond donors (Lipinski definition) is 2. The number of aliphatic carboxylic acids is 1. The van der Waals surface area contributed by atoms with Crippen molar-refractivity contribution in [3.05, 3.63) is 28.8 Å². The maximum atomic E-state index is 12.2. The largest absolute Gasteiger partial charge is 0.492 e. The van der Waals surface area contributed by atoms with Gasteiger partial charge in [0.2, 0.25) is 5.91 Å². The van der Waals surface area contributed by atoms with Crippen molar-refractivity contribution in [3.63, 3.8) is 0 Å². The summed E-state index contributed by atoms with van der Waals surface area (Å²) in [6.07, 6.45) is 0.492. The Labute approximate surface area is 128 Å². The lowest BCUT2D eigenvalue weighted by Crippen LogP contribution is -2.48. The Kier molecular flexibility index (Phi) is 4.73. The number of ether oxygens (including phenoxy) is 1. The van der Waals surface area contributed by atoms with E-state index >= 15 is 0 Å². The Bertz CT molecular complexity index is 559. The summed E-state index contributed by atoms with van der Waals surface area (Å²) in [5.41, 5.74) is 0.866. The molecule has 1 aromatic rings. The highest BCUT2D eigenvalue weighted by molar-refractivity contribution is 6.30. The summed E-state index contributed by atoms with van der Waals surface area (Å²) in [6.45, 7) is 3.75. The summed E-state index contributed by atoms with van der Waals surface area (Å²) in [5.74, 6) is -1.20. The molecule has 1 aliphatic rings. The standard InChI is InChI=1S/C15H18ClNO4/c1-8(2)13(15(19)20)17-14(18)10-5-9-6-11(16)3-4-12(9)21-7-10/h3-4,6,8,10,13H,5,7H2,1-2H3,(H,17,18)(H,19,20)/t10?,13-/m0/s1. The molecule has 0 aromatic heterocycles. The number of hydrogen-bond acceptors (Lipinski definition) is 3. The molecule has 2 N–H and O–H groups in total. The van der Waals surface area contributed by atoms with Gasteiger partial charge in [-0.2, -0.15) is 0 Å². The molecule has 0 bridgehead atoms. The van der Waals surface area contributed by atoms with Crippen LogP contribution in [-0.2, 0) is 16.0 Å². The average Bonchev–Trinajstić information content (AvgIpc) is 2.42. The number of carbonyl (C=O) groups is 2. The molecule has 1 unspecified atom stereocenters. The first-order chi connectivity index (χ1) is 9.88. The number of halogens is 1. The predicted molar refractivity (Wildman–Crippen MR) is 78.5 cm³/mol. The maximum Gasteiger partial charge on any atom is 0.326 e. The summed E-state index contributed by atoms with van der Waals surface area (Å²) in [4.78, 5) is 23.4. The van der Waals surface area contributed by atoms with Gasteiger partial charge in [-0.1, -0.05) is 25.4 Å². The topological polar surface area (TPSA) is 75.6 Å². The van der Waals surface area contributed by atoms with E-state index in [1.54, 1.807) is 32.0 Å². The van der Waals surface area contributed by atoms with E-state index in [0.29, 0.717) is 11.4 Å². The van der Waals surface area contributed by atoms with Gasteiger partial charge in [-0.05, 0) is 36.1 Å². The van der Waals surface area contributed by atoms with E-state index in [9.17, 15) is 9.59 Å². The minimum Gasteiger partial charge on any atom is -0.492 e. The highest BCUT2D eigenvalue weighted by Crippen LogP contribution is 2.29. The summed E-state index contributed by atoms with van der Waals surface area (Å²) >= 11 is 5.94. The SMILES string of the molecule is CC(C)[C@H](NC(=O)C1COc2ccc(Cl)cc2C1)C(=O)O. The van der Waals surface area contributed by atoms with Gasteiger partial charge in [0.15, 0.2) is 0 Å². The molecule has 1 aliphatic heterocycles. The Morgan fingerprint density at radius 1 is 1.43 bits per heavy atom. The van der Waals surface area contributed by atoms with Crippen LogP contribution < -0.4 is 10.1 Å². The monoisotopic (exact) mass is 311 g/mol. The molecule has 1 heterocycles. The van der Waals surface area contributed by atoms with Gasteiger partial charge in [-0.3, -0.25) is 4.79 Å². The first kappa shape index (κ1) is 15.6. The molecule has 0 aliphatic carbocycles. The van der Waals surface area contributed by atoms with E-state index in [1.807, 2.05) is 0 Å². The zero-order valence-electron chi connectivity index (χ0n) is 11.9. The van der Waals surface area contributed by atoms with Gasteiger partial charge in [0.25, 0.3) is 0 Å². The van der Waals surface area contributed by atoms with Gasteiger partial charge in [-0.25, -0.2) is 4.79 Å². The predicted octanol–water partition coefficient (Wildman–Crippen LogP) is 2.12. The van der Waals surface area contributed by atoms with Gasteiger partial charge in [-0.15, -0.1) is 0 Å². The number of nitrogens with one attached hydrogen (secondary N) is 1. The fourth-order valence-corrected chi connectivity index (χ4v) is 2.51. The van der Waals surface area contributed by atoms with Crippen molar-refractivity contribution < 1.29 is 19.4 Å². The molecule has 0 saturated carbocycles. The Morgan fingerprint density at radius 3 is 2.76 bits per heavy atom. The van der Waals surface area contributed by atoms with Crippen LogP contribution in [0.4, 0.5) is 0 Å². The van der Waals surface area contributed by atoms with Crippen molar-refractivity contribution >= 4 is 23.5 Å². The first-order valence-corrected chi connectivity index (χ1v) is 7.20. The molecule has 0 fully saturated rings. The van der Waals surface area contributed by atoms with E-state index in [1.165, 1.54) is 0 Å². The van der Waals surface area contributed by atoms with Crippen LogP contribution in [0.1, 0.15) is 19.4 Å². The third-order valence-corrected chi connectivity index (χ3v) is 3.77. The van der Waals surface area contributed by atoms with Crippen LogP contribution in [0.2, 0.25) is 5.02 Å². The fraction of sp³-hybridized carbons (Fsp3) is 0.467. The van der Waals surface area contributed by atoms with Gasteiger partial charge < -0.3 is 15.2 Å². The third kappa shape index (κ3) is 3.67. The lowest BCUT2D eigenvalue weighted by Gasteiger charge is -2.27. The van der Waals surface area contributed by atoms with Crippen LogP contribution in [0.25, 0.3) is 0 Å². The lowest BCUT2D eigenvalue weighted by atomic mass is 9.95. The van der Waals surface area contributed by atoms with Gasteiger partial charge in [0.05, 0.1) is 5.92 Å². The molecule has 1 amide bonds. The van der Waals surface area contributed by atoms with Crippen molar-refractivity contribution in [3.8, 4) is 5.75 Å². The molecule has 5 nitrogen and oxygen atoms in total. The molecule has 114 valence electrons. The second-order valence-corrected chi connectivity index (χ2v) is 5.97. The summed E-state index contributed by atoms with van der Waals surface area (Å²) in [5, 5.41) is 12.3. The molecule has 0 spiro atoms. The summed E-state index contributed by atoms with van der Waals surface area (Å²) in [6, 6.07) is 4.39. The zero-order valence-corrected chi connectivity index (χ0v) is 12.7. The molecular weight excluding hydrogens is 294 g/mol. The first-order valence-electron chi connectivity index (χ1n) is 6.83. The molecule has 1 aromatic carbocycles. The van der Waals surface area contributed by atoms with Crippen LogP contribution in [0.15, 0.2) is 18.2 Å². The van der Waals surface area contributed by atoms with Crippen molar-refractivity contribution in [2.45, 2.75) is 26.3 Å². The van der Waals surface area contributed by atoms with Gasteiger partial charge in [0.1, 0.15) is 18.4 Å². The lowest BCUT2D eigenvalue weighted by molar-refractivity contribution is -0.144. The number of carbonyl (C=O) groups excluding carboxylic acids is 1. The number of rotatable bonds is 4. The average molecular weight is 312 g/mol. The van der Waals surface area contributed by atoms with E-state index in [0.717, 1.165) is 11.3 Å². The van der Waals surface area contributed by atoms with E-state index in [-0.39, 0.29) is 18.4 Å². The highest BCUT2D eigenvalue weighted by atomic mass is 35.5. The van der Waals surface area contributed by atoms with E-state index in [2.05, 4.69) is 5.32 Å². The Morgan fingerprint density at radius 2 is 2.14 bits per heavy atom. The molecular formula is C15H18ClNO4. The maximum absolute atomic E-state index is 12.2. The quantitative estimate of drug-likeness (QED) is 0.893. The summed E-state index contributed by atoms with van der Waals surface area (Å²) < 4.78 is 5.55. The van der Waals surface area contributed by atoms with E-state index in [4.69, 9.17) is 21.4 Å². The van der Waals surface area contributed by atoms with Crippen LogP contribution in [0.3, 0.4) is 0 Å². The van der Waals surface area contributed by atoms with Crippen molar-refractivity contribution in [2.24, 2.45) is 11.8 Å². The normalized spacial score (nSPS) is 18.6. The van der Waals surface area contributed by atoms with Crippen LogP contribution in [0, 0.1) is 11.8 Å². The van der Waals surface area contributed by atoms with Crippen molar-refractivity contribution in [1.82, 2.24) is 5.32 Å². The number of carboxylic acids is 1. The van der Waals surface area contributed by atoms with Crippen LogP contribution >= 0.6 is 11.6 Å². The molecule has 0 radical (unpaired) electrons. The number of amides is 1. The number of carboxylic acid groups (broad SMARTS) is 1. The third-order valence-electron chi connectivity index (χ3n) is 3.53. The van der Waals surface area contributed by atoms with Gasteiger partial charge in [0, 0.05) is 5.02 Å². The van der Waals surface area contributed by atoms with Crippen LogP contribution in [-0.4, -0.2) is 29.6 Å². The van der Waals surface area contributed by atoms with Crippen molar-refractivity contribution in [2.75, 3.05) is 6.61 Å². The number of fused-ring (bicyclic) bond motifs is 1. The second-order valence-electron chi connectivity index (χ2n) is 5.53. The molecule has 2 atom stereocenters. The minimum atomic E-state index is -1.03. The zero-order chi connectivity index (χ0) is 15.6. The summed E-state index contributed by atoms with van der Waals surface area (Å²) in [7, 11) is 0. The van der Waals surface area contributed by atoms with Gasteiger partial charge >= 0.3 is 5.97 Å². The smallest absolute Gasteiger partial charge is 0.326 e. The molecule has 0 saturated heterocycles. The Balaban J connectivity index is 2.06. The fourth-order valence-electron chi connectivity index (χ4n) is 2.32. The second kappa shape index (κ2) is 6.35. The van der Waals surface area contributed by atoms with E-state index < -0.39 is 17.9 Å². The van der Waals surface area contributed by atoms with Crippen molar-refractivity contribution in [1.29, 1.82) is 0 Å². The highest BCUT2D eigenvalue weighted by Gasteiger charge is 2.30. The number of benzene rings is 1. The van der Waals surface area contributed by atoms with Crippen LogP contribution in [0.5, 0.6) is 5.75 Å². The Hall–Kier alpha value is -1.75. The molecule has 6 heteroatoms. The minimum absolute atomic E-state index is 0.183. The molecule has 2 rings (SSSR count).